The Hall–Kier alpha value is 0.100. The molecule has 2 atom stereocenters. The molecule has 0 radical (unpaired) electrons. The molecule has 0 fully saturated rings. The average Bonchev–Trinajstić information content (AvgIpc) is 2.50. The van der Waals surface area contributed by atoms with Crippen LogP contribution >= 0.6 is 27.3 Å². The maximum absolute atomic E-state index is 9.73. The lowest BCUT2D eigenvalue weighted by Crippen LogP contribution is -2.18. The molecule has 1 heterocycles. The van der Waals surface area contributed by atoms with Crippen LogP contribution in [0.5, 0.6) is 0 Å². The third-order valence-electron chi connectivity index (χ3n) is 1.94. The summed E-state index contributed by atoms with van der Waals surface area (Å²) in [5.41, 5.74) is 1.05. The van der Waals surface area contributed by atoms with E-state index in [1.54, 1.807) is 0 Å². The van der Waals surface area contributed by atoms with Gasteiger partial charge in [0.05, 0.1) is 6.10 Å². The van der Waals surface area contributed by atoms with Gasteiger partial charge in [0.2, 0.25) is 0 Å². The van der Waals surface area contributed by atoms with Gasteiger partial charge in [0.25, 0.3) is 0 Å². The Morgan fingerprint density at radius 1 is 1.54 bits per heavy atom. The molecule has 0 aliphatic carbocycles. The molecule has 74 valence electrons. The normalized spacial score (nSPS) is 15.7. The van der Waals surface area contributed by atoms with Crippen molar-refractivity contribution in [1.29, 1.82) is 0 Å². The van der Waals surface area contributed by atoms with Gasteiger partial charge >= 0.3 is 0 Å². The van der Waals surface area contributed by atoms with Crippen molar-refractivity contribution in [3.05, 3.63) is 21.9 Å². The van der Waals surface area contributed by atoms with Crippen LogP contribution in [0.2, 0.25) is 0 Å². The molecule has 0 bridgehead atoms. The molecule has 1 aromatic rings. The standard InChI is InChI=1S/C9H13BrO2S/c1-6-3-5-13-9(6)8(12)7(11)2-4-10/h3,5,7-8,11-12H,2,4H2,1H3. The van der Waals surface area contributed by atoms with Crippen LogP contribution in [0.3, 0.4) is 0 Å². The molecule has 2 unspecified atom stereocenters. The maximum atomic E-state index is 9.73. The zero-order chi connectivity index (χ0) is 9.84. The molecule has 2 N–H and O–H groups in total. The van der Waals surface area contributed by atoms with Crippen LogP contribution in [-0.2, 0) is 0 Å². The number of thiophene rings is 1. The molecular formula is C9H13BrO2S. The van der Waals surface area contributed by atoms with Crippen molar-refractivity contribution >= 4 is 27.3 Å². The van der Waals surface area contributed by atoms with E-state index in [1.807, 2.05) is 18.4 Å². The third-order valence-corrected chi connectivity index (χ3v) is 3.49. The molecule has 0 spiro atoms. The van der Waals surface area contributed by atoms with Gasteiger partial charge in [0.15, 0.2) is 0 Å². The SMILES string of the molecule is Cc1ccsc1C(O)C(O)CCBr. The minimum atomic E-state index is -0.738. The summed E-state index contributed by atoms with van der Waals surface area (Å²) in [5.74, 6) is 0. The first kappa shape index (κ1) is 11.2. The lowest BCUT2D eigenvalue weighted by molar-refractivity contribution is 0.0192. The second-order valence-corrected chi connectivity index (χ2v) is 4.70. The highest BCUT2D eigenvalue weighted by atomic mass is 79.9. The van der Waals surface area contributed by atoms with Crippen LogP contribution in [-0.4, -0.2) is 21.6 Å². The van der Waals surface area contributed by atoms with Crippen LogP contribution in [0.15, 0.2) is 11.4 Å². The first-order valence-electron chi connectivity index (χ1n) is 4.13. The lowest BCUT2D eigenvalue weighted by Gasteiger charge is -2.16. The van der Waals surface area contributed by atoms with E-state index in [2.05, 4.69) is 15.9 Å². The number of aryl methyl sites for hydroxylation is 1. The van der Waals surface area contributed by atoms with E-state index in [-0.39, 0.29) is 0 Å². The molecule has 0 saturated heterocycles. The molecular weight excluding hydrogens is 252 g/mol. The van der Waals surface area contributed by atoms with Crippen molar-refractivity contribution in [3.63, 3.8) is 0 Å². The van der Waals surface area contributed by atoms with Crippen LogP contribution in [0.25, 0.3) is 0 Å². The molecule has 1 aromatic heterocycles. The van der Waals surface area contributed by atoms with Crippen molar-refractivity contribution in [2.24, 2.45) is 0 Å². The minimum absolute atomic E-state index is 0.568. The van der Waals surface area contributed by atoms with E-state index in [4.69, 9.17) is 0 Å². The van der Waals surface area contributed by atoms with E-state index in [9.17, 15) is 10.2 Å². The van der Waals surface area contributed by atoms with E-state index >= 15 is 0 Å². The Bertz CT molecular complexity index is 262. The van der Waals surface area contributed by atoms with Crippen molar-refractivity contribution in [2.75, 3.05) is 5.33 Å². The fourth-order valence-electron chi connectivity index (χ4n) is 1.13. The van der Waals surface area contributed by atoms with Gasteiger partial charge in [-0.1, -0.05) is 15.9 Å². The Balaban J connectivity index is 2.67. The smallest absolute Gasteiger partial charge is 0.114 e. The van der Waals surface area contributed by atoms with Crippen molar-refractivity contribution in [3.8, 4) is 0 Å². The highest BCUT2D eigenvalue weighted by Crippen LogP contribution is 2.27. The van der Waals surface area contributed by atoms with Gasteiger partial charge in [0, 0.05) is 10.2 Å². The number of hydrogen-bond donors (Lipinski definition) is 2. The molecule has 0 amide bonds. The summed E-state index contributed by atoms with van der Waals surface area (Å²) in [7, 11) is 0. The summed E-state index contributed by atoms with van der Waals surface area (Å²) in [6, 6.07) is 1.95. The van der Waals surface area contributed by atoms with E-state index in [0.717, 1.165) is 10.4 Å². The zero-order valence-electron chi connectivity index (χ0n) is 7.40. The van der Waals surface area contributed by atoms with E-state index < -0.39 is 12.2 Å². The quantitative estimate of drug-likeness (QED) is 0.820. The number of hydrogen-bond acceptors (Lipinski definition) is 3. The number of alkyl halides is 1. The van der Waals surface area contributed by atoms with Gasteiger partial charge < -0.3 is 10.2 Å². The molecule has 0 aliphatic heterocycles. The number of rotatable bonds is 4. The van der Waals surface area contributed by atoms with Crippen LogP contribution in [0.1, 0.15) is 23.0 Å². The minimum Gasteiger partial charge on any atom is -0.390 e. The van der Waals surface area contributed by atoms with Gasteiger partial charge in [-0.25, -0.2) is 0 Å². The monoisotopic (exact) mass is 264 g/mol. The summed E-state index contributed by atoms with van der Waals surface area (Å²) in [6.07, 6.45) is -0.840. The molecule has 1 rings (SSSR count). The topological polar surface area (TPSA) is 40.5 Å². The van der Waals surface area contributed by atoms with Gasteiger partial charge in [-0.2, -0.15) is 0 Å². The second-order valence-electron chi connectivity index (χ2n) is 2.96. The fraction of sp³-hybridized carbons (Fsp3) is 0.556. The first-order valence-corrected chi connectivity index (χ1v) is 6.13. The van der Waals surface area contributed by atoms with Gasteiger partial charge in [-0.15, -0.1) is 11.3 Å². The highest BCUT2D eigenvalue weighted by molar-refractivity contribution is 9.09. The summed E-state index contributed by atoms with van der Waals surface area (Å²) in [4.78, 5) is 0.869. The lowest BCUT2D eigenvalue weighted by atomic mass is 10.1. The predicted octanol–water partition coefficient (Wildman–Crippen LogP) is 2.24. The van der Waals surface area contributed by atoms with Gasteiger partial charge in [0.1, 0.15) is 6.10 Å². The number of aliphatic hydroxyl groups excluding tert-OH is 2. The molecule has 0 saturated carbocycles. The predicted molar refractivity (Wildman–Crippen MR) is 58.4 cm³/mol. The highest BCUT2D eigenvalue weighted by Gasteiger charge is 2.20. The van der Waals surface area contributed by atoms with E-state index in [0.29, 0.717) is 11.8 Å². The number of halogens is 1. The Morgan fingerprint density at radius 2 is 2.23 bits per heavy atom. The molecule has 13 heavy (non-hydrogen) atoms. The summed E-state index contributed by atoms with van der Waals surface area (Å²) >= 11 is 4.72. The summed E-state index contributed by atoms with van der Waals surface area (Å²) in [5, 5.41) is 21.9. The van der Waals surface area contributed by atoms with Crippen LogP contribution < -0.4 is 0 Å². The maximum Gasteiger partial charge on any atom is 0.114 e. The van der Waals surface area contributed by atoms with Crippen LogP contribution in [0, 0.1) is 6.92 Å². The second kappa shape index (κ2) is 5.10. The molecule has 2 nitrogen and oxygen atoms in total. The van der Waals surface area contributed by atoms with Gasteiger partial charge in [-0.05, 0) is 30.4 Å². The fourth-order valence-corrected chi connectivity index (χ4v) is 2.57. The number of aliphatic hydroxyl groups is 2. The van der Waals surface area contributed by atoms with Crippen LogP contribution in [0.4, 0.5) is 0 Å². The Labute approximate surface area is 90.4 Å². The van der Waals surface area contributed by atoms with Crippen molar-refractivity contribution in [2.45, 2.75) is 25.6 Å². The Morgan fingerprint density at radius 3 is 2.69 bits per heavy atom. The molecule has 0 aliphatic rings. The zero-order valence-corrected chi connectivity index (χ0v) is 9.81. The average molecular weight is 265 g/mol. The van der Waals surface area contributed by atoms with Gasteiger partial charge in [-0.3, -0.25) is 0 Å². The molecule has 4 heteroatoms. The first-order chi connectivity index (χ1) is 6.16. The summed E-state index contributed by atoms with van der Waals surface area (Å²) in [6.45, 7) is 1.94. The third kappa shape index (κ3) is 2.77. The van der Waals surface area contributed by atoms with Crippen molar-refractivity contribution in [1.82, 2.24) is 0 Å². The largest absolute Gasteiger partial charge is 0.390 e. The summed E-state index contributed by atoms with van der Waals surface area (Å²) < 4.78 is 0. The van der Waals surface area contributed by atoms with E-state index in [1.165, 1.54) is 11.3 Å². The molecule has 0 aromatic carbocycles. The van der Waals surface area contributed by atoms with Crippen molar-refractivity contribution < 1.29 is 10.2 Å². The Kier molecular flexibility index (Phi) is 4.38.